The zero-order valence-corrected chi connectivity index (χ0v) is 7.10. The number of alkyl halides is 3. The van der Waals surface area contributed by atoms with Gasteiger partial charge < -0.3 is 0 Å². The summed E-state index contributed by atoms with van der Waals surface area (Å²) in [4.78, 5) is 3.19. The van der Waals surface area contributed by atoms with E-state index in [4.69, 9.17) is 11.6 Å². The molecule has 0 saturated heterocycles. The Morgan fingerprint density at radius 2 is 1.69 bits per heavy atom. The van der Waals surface area contributed by atoms with E-state index in [0.29, 0.717) is 0 Å². The van der Waals surface area contributed by atoms with E-state index in [1.807, 2.05) is 0 Å². The molecule has 0 bridgehead atoms. The largest absolute Gasteiger partial charge is 0.444 e. The summed E-state index contributed by atoms with van der Waals surface area (Å²) in [6, 6.07) is 7.72. The van der Waals surface area contributed by atoms with Gasteiger partial charge in [-0.1, -0.05) is 29.8 Å². The van der Waals surface area contributed by atoms with Gasteiger partial charge in [0.25, 0.3) is 0 Å². The highest BCUT2D eigenvalue weighted by Crippen LogP contribution is 2.23. The highest BCUT2D eigenvalue weighted by Gasteiger charge is 2.34. The van der Waals surface area contributed by atoms with Gasteiger partial charge in [-0.2, -0.15) is 13.2 Å². The van der Waals surface area contributed by atoms with Crippen molar-refractivity contribution in [2.45, 2.75) is 6.18 Å². The van der Waals surface area contributed by atoms with Crippen LogP contribution >= 0.6 is 11.6 Å². The molecule has 0 aliphatic carbocycles. The van der Waals surface area contributed by atoms with Crippen LogP contribution in [0.5, 0.6) is 0 Å². The first-order chi connectivity index (χ1) is 6.00. The van der Waals surface area contributed by atoms with Crippen LogP contribution in [0.1, 0.15) is 0 Å². The lowest BCUT2D eigenvalue weighted by Gasteiger charge is -2.02. The molecule has 13 heavy (non-hydrogen) atoms. The molecular weight excluding hydrogens is 203 g/mol. The van der Waals surface area contributed by atoms with Crippen LogP contribution in [0, 0.1) is 0 Å². The minimum Gasteiger partial charge on any atom is -0.232 e. The molecule has 70 valence electrons. The van der Waals surface area contributed by atoms with Crippen LogP contribution in [-0.4, -0.2) is 11.3 Å². The Kier molecular flexibility index (Phi) is 2.93. The topological polar surface area (TPSA) is 12.4 Å². The van der Waals surface area contributed by atoms with Gasteiger partial charge in [0.1, 0.15) is 0 Å². The van der Waals surface area contributed by atoms with E-state index in [-0.39, 0.29) is 5.69 Å². The molecule has 1 aromatic rings. The van der Waals surface area contributed by atoms with Crippen LogP contribution in [0.25, 0.3) is 0 Å². The maximum Gasteiger partial charge on any atom is 0.444 e. The molecule has 0 aliphatic heterocycles. The molecule has 0 radical (unpaired) electrons. The van der Waals surface area contributed by atoms with Gasteiger partial charge in [-0.3, -0.25) is 0 Å². The monoisotopic (exact) mass is 207 g/mol. The summed E-state index contributed by atoms with van der Waals surface area (Å²) < 4.78 is 35.6. The number of halogens is 4. The Morgan fingerprint density at radius 1 is 1.15 bits per heavy atom. The van der Waals surface area contributed by atoms with Crippen LogP contribution in [0.2, 0.25) is 0 Å². The molecule has 0 fully saturated rings. The number of rotatable bonds is 1. The molecule has 0 unspecified atom stereocenters. The Bertz CT molecular complexity index is 305. The second kappa shape index (κ2) is 3.79. The molecule has 0 saturated carbocycles. The SMILES string of the molecule is FC(F)(F)/C(Cl)=N\c1ccccc1. The molecule has 0 atom stereocenters. The smallest absolute Gasteiger partial charge is 0.232 e. The fraction of sp³-hybridized carbons (Fsp3) is 0.125. The standard InChI is InChI=1S/C8H5ClF3N/c9-7(8(10,11)12)13-6-4-2-1-3-5-6/h1-5H/b13-7+. The van der Waals surface area contributed by atoms with Gasteiger partial charge in [0.15, 0.2) is 0 Å². The van der Waals surface area contributed by atoms with E-state index in [9.17, 15) is 13.2 Å². The zero-order chi connectivity index (χ0) is 9.90. The molecule has 1 aromatic carbocycles. The van der Waals surface area contributed by atoms with Gasteiger partial charge in [-0.25, -0.2) is 4.99 Å². The van der Waals surface area contributed by atoms with E-state index in [0.717, 1.165) is 0 Å². The molecule has 0 aromatic heterocycles. The van der Waals surface area contributed by atoms with Crippen molar-refractivity contribution < 1.29 is 13.2 Å². The summed E-state index contributed by atoms with van der Waals surface area (Å²) in [6.45, 7) is 0. The molecule has 0 spiro atoms. The Morgan fingerprint density at radius 3 is 2.15 bits per heavy atom. The second-order valence-electron chi connectivity index (χ2n) is 2.24. The van der Waals surface area contributed by atoms with E-state index < -0.39 is 11.3 Å². The minimum absolute atomic E-state index is 0.185. The molecule has 0 N–H and O–H groups in total. The maximum absolute atomic E-state index is 11.9. The summed E-state index contributed by atoms with van der Waals surface area (Å²) in [6.07, 6.45) is -4.57. The van der Waals surface area contributed by atoms with Crippen molar-refractivity contribution in [1.82, 2.24) is 0 Å². The van der Waals surface area contributed by atoms with Gasteiger partial charge in [-0.15, -0.1) is 0 Å². The first kappa shape index (κ1) is 10.1. The third-order valence-corrected chi connectivity index (χ3v) is 1.52. The number of hydrogen-bond acceptors (Lipinski definition) is 1. The minimum atomic E-state index is -4.57. The van der Waals surface area contributed by atoms with Gasteiger partial charge in [-0.05, 0) is 12.1 Å². The average molecular weight is 208 g/mol. The average Bonchev–Trinajstić information content (AvgIpc) is 2.04. The second-order valence-corrected chi connectivity index (χ2v) is 2.59. The number of nitrogens with zero attached hydrogens (tertiary/aromatic N) is 1. The van der Waals surface area contributed by atoms with Crippen molar-refractivity contribution in [2.24, 2.45) is 4.99 Å². The number of para-hydroxylation sites is 1. The normalized spacial score (nSPS) is 13.1. The van der Waals surface area contributed by atoms with Crippen LogP contribution in [-0.2, 0) is 0 Å². The maximum atomic E-state index is 11.9. The molecular formula is C8H5ClF3N. The summed E-state index contributed by atoms with van der Waals surface area (Å²) in [5.41, 5.74) is 0.185. The van der Waals surface area contributed by atoms with Crippen molar-refractivity contribution in [2.75, 3.05) is 0 Å². The predicted octanol–water partition coefficient (Wildman–Crippen LogP) is 3.52. The third kappa shape index (κ3) is 3.06. The highest BCUT2D eigenvalue weighted by atomic mass is 35.5. The van der Waals surface area contributed by atoms with E-state index in [1.165, 1.54) is 12.1 Å². The summed E-state index contributed by atoms with van der Waals surface area (Å²) in [5.74, 6) is 0. The van der Waals surface area contributed by atoms with Crippen molar-refractivity contribution >= 4 is 22.5 Å². The molecule has 1 nitrogen and oxygen atoms in total. The van der Waals surface area contributed by atoms with Crippen LogP contribution in [0.15, 0.2) is 35.3 Å². The number of aliphatic imine (C=N–C) groups is 1. The van der Waals surface area contributed by atoms with Gasteiger partial charge >= 0.3 is 6.18 Å². The predicted molar refractivity (Wildman–Crippen MR) is 45.4 cm³/mol. The van der Waals surface area contributed by atoms with Gasteiger partial charge in [0.2, 0.25) is 5.17 Å². The van der Waals surface area contributed by atoms with E-state index in [1.54, 1.807) is 18.2 Å². The van der Waals surface area contributed by atoms with Crippen LogP contribution in [0.4, 0.5) is 18.9 Å². The van der Waals surface area contributed by atoms with Crippen molar-refractivity contribution in [3.63, 3.8) is 0 Å². The summed E-state index contributed by atoms with van der Waals surface area (Å²) >= 11 is 4.92. The molecule has 1 rings (SSSR count). The van der Waals surface area contributed by atoms with Crippen LogP contribution < -0.4 is 0 Å². The van der Waals surface area contributed by atoms with Crippen molar-refractivity contribution in [3.05, 3.63) is 30.3 Å². The lowest BCUT2D eigenvalue weighted by atomic mass is 10.3. The quantitative estimate of drug-likeness (QED) is 0.625. The third-order valence-electron chi connectivity index (χ3n) is 1.22. The molecule has 0 heterocycles. The zero-order valence-electron chi connectivity index (χ0n) is 6.35. The van der Waals surface area contributed by atoms with Gasteiger partial charge in [0.05, 0.1) is 5.69 Å². The molecule has 0 amide bonds. The van der Waals surface area contributed by atoms with Gasteiger partial charge in [0, 0.05) is 0 Å². The Hall–Kier alpha value is -1.03. The summed E-state index contributed by atoms with van der Waals surface area (Å²) in [7, 11) is 0. The first-order valence-electron chi connectivity index (χ1n) is 3.36. The van der Waals surface area contributed by atoms with Crippen molar-refractivity contribution in [3.8, 4) is 0 Å². The fourth-order valence-electron chi connectivity index (χ4n) is 0.679. The Labute approximate surface area is 77.9 Å². The lowest BCUT2D eigenvalue weighted by molar-refractivity contribution is -0.0558. The van der Waals surface area contributed by atoms with Crippen LogP contribution in [0.3, 0.4) is 0 Å². The number of hydrogen-bond donors (Lipinski definition) is 0. The number of benzene rings is 1. The van der Waals surface area contributed by atoms with Crippen molar-refractivity contribution in [1.29, 1.82) is 0 Å². The molecule has 5 heteroatoms. The van der Waals surface area contributed by atoms with E-state index in [2.05, 4.69) is 4.99 Å². The molecule has 0 aliphatic rings. The van der Waals surface area contributed by atoms with E-state index >= 15 is 0 Å². The summed E-state index contributed by atoms with van der Waals surface area (Å²) in [5, 5.41) is -1.36. The fourth-order valence-corrected chi connectivity index (χ4v) is 0.777. The Balaban J connectivity index is 2.90. The highest BCUT2D eigenvalue weighted by molar-refractivity contribution is 6.67. The first-order valence-corrected chi connectivity index (χ1v) is 3.74. The lowest BCUT2D eigenvalue weighted by Crippen LogP contribution is -2.16.